The fourth-order valence-corrected chi connectivity index (χ4v) is 2.06. The van der Waals surface area contributed by atoms with Crippen LogP contribution in [0.3, 0.4) is 0 Å². The fourth-order valence-electron chi connectivity index (χ4n) is 2.06. The Morgan fingerprint density at radius 2 is 2.06 bits per heavy atom. The van der Waals surface area contributed by atoms with Gasteiger partial charge in [0.15, 0.2) is 0 Å². The highest BCUT2D eigenvalue weighted by Crippen LogP contribution is 2.21. The molecule has 0 spiro atoms. The predicted molar refractivity (Wildman–Crippen MR) is 58.4 cm³/mol. The lowest BCUT2D eigenvalue weighted by atomic mass is 9.91. The van der Waals surface area contributed by atoms with Crippen molar-refractivity contribution in [2.24, 2.45) is 11.8 Å². The largest absolute Gasteiger partial charge is 0.390 e. The molecule has 1 amide bonds. The molecule has 3 nitrogen and oxygen atoms in total. The van der Waals surface area contributed by atoms with Gasteiger partial charge in [-0.15, -0.1) is 0 Å². The summed E-state index contributed by atoms with van der Waals surface area (Å²) in [6, 6.07) is 0. The molecule has 1 heterocycles. The Hall–Kier alpha value is -0.780. The zero-order chi connectivity index (χ0) is 13.1. The van der Waals surface area contributed by atoms with Crippen molar-refractivity contribution in [2.75, 3.05) is 26.7 Å². The third-order valence-corrected chi connectivity index (χ3v) is 3.03. The minimum atomic E-state index is -4.20. The molecule has 1 aliphatic rings. The number of piperidine rings is 1. The van der Waals surface area contributed by atoms with Crippen LogP contribution in [0.4, 0.5) is 13.2 Å². The van der Waals surface area contributed by atoms with Gasteiger partial charge in [-0.1, -0.05) is 6.92 Å². The number of hydrogen-bond donors (Lipinski definition) is 1. The van der Waals surface area contributed by atoms with Crippen molar-refractivity contribution in [2.45, 2.75) is 25.9 Å². The van der Waals surface area contributed by atoms with Crippen molar-refractivity contribution in [3.63, 3.8) is 0 Å². The van der Waals surface area contributed by atoms with Crippen LogP contribution < -0.4 is 5.32 Å². The molecule has 2 atom stereocenters. The van der Waals surface area contributed by atoms with E-state index in [1.54, 1.807) is 0 Å². The molecule has 0 saturated carbocycles. The van der Waals surface area contributed by atoms with E-state index in [2.05, 4.69) is 5.32 Å². The SMILES string of the molecule is CC1CNCC(C(=O)N(C)CCC(F)(F)F)C1. The lowest BCUT2D eigenvalue weighted by Crippen LogP contribution is -2.44. The molecule has 0 bridgehead atoms. The summed E-state index contributed by atoms with van der Waals surface area (Å²) >= 11 is 0. The second kappa shape index (κ2) is 5.71. The Morgan fingerprint density at radius 3 is 2.59 bits per heavy atom. The van der Waals surface area contributed by atoms with Crippen LogP contribution in [0.1, 0.15) is 19.8 Å². The zero-order valence-electron chi connectivity index (χ0n) is 10.2. The van der Waals surface area contributed by atoms with Crippen molar-refractivity contribution < 1.29 is 18.0 Å². The number of alkyl halides is 3. The average molecular weight is 252 g/mol. The minimum Gasteiger partial charge on any atom is -0.345 e. The Bertz CT molecular complexity index is 268. The van der Waals surface area contributed by atoms with Gasteiger partial charge in [0.25, 0.3) is 0 Å². The van der Waals surface area contributed by atoms with E-state index in [9.17, 15) is 18.0 Å². The maximum Gasteiger partial charge on any atom is 0.390 e. The summed E-state index contributed by atoms with van der Waals surface area (Å²) in [6.07, 6.45) is -4.39. The predicted octanol–water partition coefficient (Wildman–Crippen LogP) is 1.64. The number of carbonyl (C=O) groups excluding carboxylic acids is 1. The molecule has 0 aromatic rings. The molecule has 6 heteroatoms. The summed E-state index contributed by atoms with van der Waals surface area (Å²) in [5.74, 6) is 0.0269. The van der Waals surface area contributed by atoms with E-state index in [-0.39, 0.29) is 18.4 Å². The maximum atomic E-state index is 12.0. The molecule has 1 aliphatic heterocycles. The molecule has 0 aromatic carbocycles. The second-order valence-corrected chi connectivity index (χ2v) is 4.82. The van der Waals surface area contributed by atoms with Crippen LogP contribution in [-0.4, -0.2) is 43.7 Å². The third kappa shape index (κ3) is 4.93. The normalized spacial score (nSPS) is 25.7. The monoisotopic (exact) mass is 252 g/mol. The molecule has 100 valence electrons. The van der Waals surface area contributed by atoms with Gasteiger partial charge in [0.05, 0.1) is 12.3 Å². The molecular weight excluding hydrogens is 233 g/mol. The highest BCUT2D eigenvalue weighted by atomic mass is 19.4. The van der Waals surface area contributed by atoms with E-state index < -0.39 is 12.6 Å². The summed E-state index contributed by atoms with van der Waals surface area (Å²) in [6.45, 7) is 3.21. The molecule has 17 heavy (non-hydrogen) atoms. The van der Waals surface area contributed by atoms with E-state index in [0.29, 0.717) is 12.5 Å². The molecule has 1 fully saturated rings. The smallest absolute Gasteiger partial charge is 0.345 e. The van der Waals surface area contributed by atoms with Crippen molar-refractivity contribution in [3.05, 3.63) is 0 Å². The molecular formula is C11H19F3N2O. The van der Waals surface area contributed by atoms with Crippen LogP contribution in [-0.2, 0) is 4.79 Å². The van der Waals surface area contributed by atoms with Gasteiger partial charge in [-0.25, -0.2) is 0 Å². The Labute approximate surface area is 99.4 Å². The topological polar surface area (TPSA) is 32.3 Å². The van der Waals surface area contributed by atoms with Gasteiger partial charge in [-0.3, -0.25) is 4.79 Å². The first kappa shape index (κ1) is 14.3. The Morgan fingerprint density at radius 1 is 1.41 bits per heavy atom. The number of halogens is 3. The lowest BCUT2D eigenvalue weighted by Gasteiger charge is -2.30. The molecule has 1 saturated heterocycles. The lowest BCUT2D eigenvalue weighted by molar-refractivity contribution is -0.146. The number of hydrogen-bond acceptors (Lipinski definition) is 2. The summed E-state index contributed by atoms with van der Waals surface area (Å²) in [5, 5.41) is 3.12. The van der Waals surface area contributed by atoms with E-state index in [4.69, 9.17) is 0 Å². The standard InChI is InChI=1S/C11H19F3N2O/c1-8-5-9(7-15-6-8)10(17)16(2)4-3-11(12,13)14/h8-9,15H,3-7H2,1-2H3. The second-order valence-electron chi connectivity index (χ2n) is 4.82. The van der Waals surface area contributed by atoms with Gasteiger partial charge in [-0.05, 0) is 18.9 Å². The maximum absolute atomic E-state index is 12.0. The van der Waals surface area contributed by atoms with Crippen LogP contribution >= 0.6 is 0 Å². The van der Waals surface area contributed by atoms with Crippen LogP contribution in [0, 0.1) is 11.8 Å². The minimum absolute atomic E-state index is 0.183. The van der Waals surface area contributed by atoms with Crippen molar-refractivity contribution in [1.82, 2.24) is 10.2 Å². The Kier molecular flexibility index (Phi) is 4.80. The third-order valence-electron chi connectivity index (χ3n) is 3.03. The van der Waals surface area contributed by atoms with Gasteiger partial charge >= 0.3 is 6.18 Å². The van der Waals surface area contributed by atoms with Crippen LogP contribution in [0.15, 0.2) is 0 Å². The molecule has 1 rings (SSSR count). The zero-order valence-corrected chi connectivity index (χ0v) is 10.2. The summed E-state index contributed by atoms with van der Waals surface area (Å²) in [5.41, 5.74) is 0. The van der Waals surface area contributed by atoms with Crippen LogP contribution in [0.25, 0.3) is 0 Å². The molecule has 0 radical (unpaired) electrons. The van der Waals surface area contributed by atoms with Gasteiger partial charge in [-0.2, -0.15) is 13.2 Å². The van der Waals surface area contributed by atoms with Crippen molar-refractivity contribution in [3.8, 4) is 0 Å². The highest BCUT2D eigenvalue weighted by Gasteiger charge is 2.31. The van der Waals surface area contributed by atoms with Gasteiger partial charge in [0, 0.05) is 20.1 Å². The quantitative estimate of drug-likeness (QED) is 0.828. The van der Waals surface area contributed by atoms with E-state index in [0.717, 1.165) is 13.0 Å². The molecule has 0 aromatic heterocycles. The highest BCUT2D eigenvalue weighted by molar-refractivity contribution is 5.78. The van der Waals surface area contributed by atoms with E-state index in [1.807, 2.05) is 6.92 Å². The van der Waals surface area contributed by atoms with E-state index in [1.165, 1.54) is 11.9 Å². The number of carbonyl (C=O) groups is 1. The average Bonchev–Trinajstić information content (AvgIpc) is 2.24. The number of nitrogens with zero attached hydrogens (tertiary/aromatic N) is 1. The van der Waals surface area contributed by atoms with Crippen molar-refractivity contribution >= 4 is 5.91 Å². The van der Waals surface area contributed by atoms with Gasteiger partial charge in [0.2, 0.25) is 5.91 Å². The summed E-state index contributed by atoms with van der Waals surface area (Å²) in [7, 11) is 1.44. The molecule has 1 N–H and O–H groups in total. The molecule has 2 unspecified atom stereocenters. The molecule has 0 aliphatic carbocycles. The summed E-state index contributed by atoms with van der Waals surface area (Å²) < 4.78 is 36.1. The Balaban J connectivity index is 2.40. The number of rotatable bonds is 3. The van der Waals surface area contributed by atoms with Gasteiger partial charge < -0.3 is 10.2 Å². The first-order chi connectivity index (χ1) is 7.79. The van der Waals surface area contributed by atoms with E-state index >= 15 is 0 Å². The van der Waals surface area contributed by atoms with Crippen LogP contribution in [0.2, 0.25) is 0 Å². The van der Waals surface area contributed by atoms with Gasteiger partial charge in [0.1, 0.15) is 0 Å². The fraction of sp³-hybridized carbons (Fsp3) is 0.909. The first-order valence-corrected chi connectivity index (χ1v) is 5.82. The van der Waals surface area contributed by atoms with Crippen molar-refractivity contribution in [1.29, 1.82) is 0 Å². The first-order valence-electron chi connectivity index (χ1n) is 5.82. The van der Waals surface area contributed by atoms with Crippen LogP contribution in [0.5, 0.6) is 0 Å². The number of amides is 1. The number of nitrogens with one attached hydrogen (secondary N) is 1. The summed E-state index contributed by atoms with van der Waals surface area (Å²) in [4.78, 5) is 13.1.